The van der Waals surface area contributed by atoms with Gasteiger partial charge in [-0.3, -0.25) is 0 Å². The van der Waals surface area contributed by atoms with Crippen molar-refractivity contribution in [1.82, 2.24) is 0 Å². The SMILES string of the molecule is CC1=CCCC(C)(C)/C1=C\c1ccccc1OS(=O)(=O)C(F)(F)F. The molecule has 0 fully saturated rings. The fraction of sp³-hybridized carbons (Fsp3) is 0.412. The van der Waals surface area contributed by atoms with Gasteiger partial charge < -0.3 is 4.18 Å². The Morgan fingerprint density at radius 2 is 1.83 bits per heavy atom. The number of allylic oxidation sites excluding steroid dienone is 3. The minimum atomic E-state index is -5.70. The zero-order valence-electron chi connectivity index (χ0n) is 13.6. The predicted octanol–water partition coefficient (Wildman–Crippen LogP) is 5.06. The van der Waals surface area contributed by atoms with Crippen LogP contribution in [0.25, 0.3) is 6.08 Å². The second-order valence-electron chi connectivity index (χ2n) is 6.39. The molecule has 0 aliphatic heterocycles. The molecule has 0 atom stereocenters. The Labute approximate surface area is 140 Å². The molecule has 3 nitrogen and oxygen atoms in total. The molecule has 0 bridgehead atoms. The summed E-state index contributed by atoms with van der Waals surface area (Å²) in [5, 5.41) is 0. The van der Waals surface area contributed by atoms with E-state index in [1.54, 1.807) is 12.1 Å². The molecule has 1 aliphatic carbocycles. The van der Waals surface area contributed by atoms with Crippen LogP contribution >= 0.6 is 0 Å². The highest BCUT2D eigenvalue weighted by Crippen LogP contribution is 2.42. The topological polar surface area (TPSA) is 43.4 Å². The molecule has 0 saturated heterocycles. The Bertz CT molecular complexity index is 788. The number of para-hydroxylation sites is 1. The van der Waals surface area contributed by atoms with Crippen molar-refractivity contribution in [2.24, 2.45) is 5.41 Å². The Morgan fingerprint density at radius 1 is 1.21 bits per heavy atom. The van der Waals surface area contributed by atoms with Crippen LogP contribution in [0.4, 0.5) is 13.2 Å². The average molecular weight is 360 g/mol. The van der Waals surface area contributed by atoms with E-state index in [4.69, 9.17) is 0 Å². The fourth-order valence-corrected chi connectivity index (χ4v) is 3.22. The van der Waals surface area contributed by atoms with E-state index >= 15 is 0 Å². The molecule has 0 aromatic heterocycles. The van der Waals surface area contributed by atoms with Crippen LogP contribution in [-0.2, 0) is 10.1 Å². The van der Waals surface area contributed by atoms with Gasteiger partial charge in [-0.05, 0) is 42.9 Å². The first-order valence-electron chi connectivity index (χ1n) is 7.43. The molecule has 0 saturated carbocycles. The highest BCUT2D eigenvalue weighted by Gasteiger charge is 2.48. The maximum absolute atomic E-state index is 12.6. The molecule has 0 amide bonds. The van der Waals surface area contributed by atoms with Crippen LogP contribution in [0.5, 0.6) is 5.75 Å². The van der Waals surface area contributed by atoms with E-state index in [9.17, 15) is 21.6 Å². The number of alkyl halides is 3. The Morgan fingerprint density at radius 3 is 2.42 bits per heavy atom. The molecular weight excluding hydrogens is 341 g/mol. The van der Waals surface area contributed by atoms with Gasteiger partial charge in [0.25, 0.3) is 0 Å². The van der Waals surface area contributed by atoms with E-state index in [1.807, 2.05) is 20.8 Å². The van der Waals surface area contributed by atoms with Gasteiger partial charge in [0.15, 0.2) is 0 Å². The predicted molar refractivity (Wildman–Crippen MR) is 86.8 cm³/mol. The van der Waals surface area contributed by atoms with Gasteiger partial charge in [0.2, 0.25) is 0 Å². The molecule has 0 heterocycles. The lowest BCUT2D eigenvalue weighted by molar-refractivity contribution is -0.0500. The Balaban J connectivity index is 2.49. The van der Waals surface area contributed by atoms with Crippen molar-refractivity contribution in [2.75, 3.05) is 0 Å². The number of hydrogen-bond donors (Lipinski definition) is 0. The van der Waals surface area contributed by atoms with Gasteiger partial charge >= 0.3 is 15.6 Å². The average Bonchev–Trinajstić information content (AvgIpc) is 2.43. The van der Waals surface area contributed by atoms with Crippen molar-refractivity contribution in [1.29, 1.82) is 0 Å². The van der Waals surface area contributed by atoms with Crippen molar-refractivity contribution < 1.29 is 25.8 Å². The van der Waals surface area contributed by atoms with E-state index in [0.29, 0.717) is 5.56 Å². The number of halogens is 3. The van der Waals surface area contributed by atoms with Gasteiger partial charge in [0.1, 0.15) is 5.75 Å². The molecule has 24 heavy (non-hydrogen) atoms. The van der Waals surface area contributed by atoms with Gasteiger partial charge in [0.05, 0.1) is 0 Å². The quantitative estimate of drug-likeness (QED) is 0.559. The minimum Gasteiger partial charge on any atom is -0.375 e. The lowest BCUT2D eigenvalue weighted by Crippen LogP contribution is -2.28. The smallest absolute Gasteiger partial charge is 0.375 e. The van der Waals surface area contributed by atoms with Crippen LogP contribution in [0.3, 0.4) is 0 Å². The monoisotopic (exact) mass is 360 g/mol. The molecule has 0 radical (unpaired) electrons. The summed E-state index contributed by atoms with van der Waals surface area (Å²) in [4.78, 5) is 0. The van der Waals surface area contributed by atoms with Gasteiger partial charge in [-0.15, -0.1) is 0 Å². The number of benzene rings is 1. The largest absolute Gasteiger partial charge is 0.534 e. The van der Waals surface area contributed by atoms with Gasteiger partial charge in [-0.1, -0.05) is 43.7 Å². The van der Waals surface area contributed by atoms with Crippen molar-refractivity contribution >= 4 is 16.2 Å². The lowest BCUT2D eigenvalue weighted by atomic mass is 9.72. The van der Waals surface area contributed by atoms with E-state index in [-0.39, 0.29) is 11.2 Å². The zero-order valence-corrected chi connectivity index (χ0v) is 14.5. The van der Waals surface area contributed by atoms with Crippen molar-refractivity contribution in [2.45, 2.75) is 39.1 Å². The first-order chi connectivity index (χ1) is 10.9. The first-order valence-corrected chi connectivity index (χ1v) is 8.84. The molecule has 0 spiro atoms. The molecule has 2 rings (SSSR count). The van der Waals surface area contributed by atoms with Gasteiger partial charge in [0, 0.05) is 5.56 Å². The molecule has 0 unspecified atom stereocenters. The van der Waals surface area contributed by atoms with Crippen LogP contribution < -0.4 is 4.18 Å². The standard InChI is InChI=1S/C17H19F3O3S/c1-12-7-6-10-16(2,3)14(12)11-13-8-4-5-9-15(13)23-24(21,22)17(18,19)20/h4-5,7-9,11H,6,10H2,1-3H3/b14-11-. The van der Waals surface area contributed by atoms with Crippen LogP contribution in [-0.4, -0.2) is 13.9 Å². The first kappa shape index (κ1) is 18.6. The molecule has 1 aliphatic rings. The number of hydrogen-bond acceptors (Lipinski definition) is 3. The summed E-state index contributed by atoms with van der Waals surface area (Å²) in [6.45, 7) is 6.03. The lowest BCUT2D eigenvalue weighted by Gasteiger charge is -2.32. The summed E-state index contributed by atoms with van der Waals surface area (Å²) in [6, 6.07) is 5.79. The van der Waals surface area contributed by atoms with Crippen LogP contribution in [0.1, 0.15) is 39.2 Å². The van der Waals surface area contributed by atoms with Crippen molar-refractivity contribution in [3.63, 3.8) is 0 Å². The van der Waals surface area contributed by atoms with Gasteiger partial charge in [-0.25, -0.2) is 0 Å². The van der Waals surface area contributed by atoms with Crippen LogP contribution in [0.15, 0.2) is 41.5 Å². The van der Waals surface area contributed by atoms with E-state index < -0.39 is 15.6 Å². The molecule has 132 valence electrons. The fourth-order valence-electron chi connectivity index (χ4n) is 2.73. The molecule has 7 heteroatoms. The van der Waals surface area contributed by atoms with Crippen LogP contribution in [0.2, 0.25) is 0 Å². The summed E-state index contributed by atoms with van der Waals surface area (Å²) < 4.78 is 64.6. The van der Waals surface area contributed by atoms with Crippen LogP contribution in [0, 0.1) is 5.41 Å². The highest BCUT2D eigenvalue weighted by atomic mass is 32.2. The Hall–Kier alpha value is -1.76. The van der Waals surface area contributed by atoms with Gasteiger partial charge in [-0.2, -0.15) is 21.6 Å². The maximum atomic E-state index is 12.6. The van der Waals surface area contributed by atoms with E-state index in [1.165, 1.54) is 18.2 Å². The normalized spacial score (nSPS) is 19.9. The summed E-state index contributed by atoms with van der Waals surface area (Å²) in [5.74, 6) is -0.337. The highest BCUT2D eigenvalue weighted by molar-refractivity contribution is 7.88. The molecule has 1 aromatic rings. The third-order valence-corrected chi connectivity index (χ3v) is 5.04. The Kier molecular flexibility index (Phi) is 4.86. The summed E-state index contributed by atoms with van der Waals surface area (Å²) in [7, 11) is -5.70. The minimum absolute atomic E-state index is 0.158. The maximum Gasteiger partial charge on any atom is 0.534 e. The summed E-state index contributed by atoms with van der Waals surface area (Å²) in [6.07, 6.45) is 5.59. The second-order valence-corrected chi connectivity index (χ2v) is 7.93. The molecule has 1 aromatic carbocycles. The number of rotatable bonds is 3. The zero-order chi connectivity index (χ0) is 18.2. The third kappa shape index (κ3) is 3.83. The summed E-state index contributed by atoms with van der Waals surface area (Å²) in [5.41, 5.74) is -3.35. The third-order valence-electron chi connectivity index (χ3n) is 4.08. The van der Waals surface area contributed by atoms with Crippen molar-refractivity contribution in [3.05, 3.63) is 47.1 Å². The van der Waals surface area contributed by atoms with Crippen molar-refractivity contribution in [3.8, 4) is 5.75 Å². The van der Waals surface area contributed by atoms with E-state index in [2.05, 4.69) is 10.3 Å². The molecule has 0 N–H and O–H groups in total. The second kappa shape index (κ2) is 6.27. The molecular formula is C17H19F3O3S. The van der Waals surface area contributed by atoms with E-state index in [0.717, 1.165) is 24.0 Å². The summed E-state index contributed by atoms with van der Waals surface area (Å²) >= 11 is 0.